The molecule has 0 saturated carbocycles. The van der Waals surface area contributed by atoms with Gasteiger partial charge in [-0.2, -0.15) is 4.94 Å². The topological polar surface area (TPSA) is 64.6 Å². The molecule has 5 nitrogen and oxygen atoms in total. The Morgan fingerprint density at radius 2 is 2.00 bits per heavy atom. The van der Waals surface area contributed by atoms with E-state index in [1.807, 2.05) is 0 Å². The number of hydrogen-bond donors (Lipinski definition) is 1. The van der Waals surface area contributed by atoms with Crippen LogP contribution in [0.1, 0.15) is 24.9 Å². The lowest BCUT2D eigenvalue weighted by Gasteiger charge is -2.16. The fourth-order valence-corrected chi connectivity index (χ4v) is 3.04. The lowest BCUT2D eigenvalue weighted by atomic mass is 10.1. The number of hydrogen-bond acceptors (Lipinski definition) is 4. The fraction of sp³-hybridized carbons (Fsp3) is 0.538. The van der Waals surface area contributed by atoms with Crippen molar-refractivity contribution in [3.8, 4) is 5.75 Å². The largest absolute Gasteiger partial charge is 0.485 e. The maximum absolute atomic E-state index is 13.5. The standard InChI is InChI=1S/C13H17F4NO4S/c1-9(18-23(19,20)6-2-5-22-17)10-3-4-11(14)12(7-10)21-8-13(15)16/h3-4,7,9,13,18H,2,5-6,8H2,1H3/t9-/m1/s1. The van der Waals surface area contributed by atoms with Gasteiger partial charge < -0.3 is 4.74 Å². The number of nitrogens with one attached hydrogen (secondary N) is 1. The van der Waals surface area contributed by atoms with Gasteiger partial charge in [0.15, 0.2) is 11.6 Å². The van der Waals surface area contributed by atoms with Crippen molar-refractivity contribution in [2.24, 2.45) is 0 Å². The van der Waals surface area contributed by atoms with Gasteiger partial charge in [0.1, 0.15) is 6.61 Å². The molecular weight excluding hydrogens is 342 g/mol. The highest BCUT2D eigenvalue weighted by Crippen LogP contribution is 2.23. The summed E-state index contributed by atoms with van der Waals surface area (Å²) in [5.41, 5.74) is 0.334. The Hall–Kier alpha value is -1.39. The normalized spacial score (nSPS) is 13.3. The zero-order valence-electron chi connectivity index (χ0n) is 12.3. The molecular formula is C13H17F4NO4S. The molecule has 1 atom stereocenters. The summed E-state index contributed by atoms with van der Waals surface area (Å²) in [5.74, 6) is -1.57. The van der Waals surface area contributed by atoms with Crippen molar-refractivity contribution in [2.75, 3.05) is 19.0 Å². The first-order valence-corrected chi connectivity index (χ1v) is 8.34. The van der Waals surface area contributed by atoms with Gasteiger partial charge in [0.2, 0.25) is 10.0 Å². The van der Waals surface area contributed by atoms with E-state index in [2.05, 4.69) is 14.4 Å². The van der Waals surface area contributed by atoms with Crippen LogP contribution in [-0.2, 0) is 15.0 Å². The predicted octanol–water partition coefficient (Wildman–Crippen LogP) is 2.74. The van der Waals surface area contributed by atoms with E-state index in [9.17, 15) is 26.1 Å². The molecule has 23 heavy (non-hydrogen) atoms. The van der Waals surface area contributed by atoms with Gasteiger partial charge in [0, 0.05) is 6.04 Å². The molecule has 1 aromatic carbocycles. The average molecular weight is 359 g/mol. The zero-order valence-corrected chi connectivity index (χ0v) is 13.1. The molecule has 10 heteroatoms. The molecule has 0 heterocycles. The SMILES string of the molecule is C[C@@H](NS(=O)(=O)CCCOF)c1ccc(F)c(OCC(F)F)c1. The first-order valence-electron chi connectivity index (χ1n) is 6.69. The maximum Gasteiger partial charge on any atom is 0.272 e. The van der Waals surface area contributed by atoms with Crippen LogP contribution in [0.5, 0.6) is 5.75 Å². The van der Waals surface area contributed by atoms with Crippen molar-refractivity contribution in [1.82, 2.24) is 4.72 Å². The molecule has 0 amide bonds. The minimum Gasteiger partial charge on any atom is -0.485 e. The van der Waals surface area contributed by atoms with Gasteiger partial charge in [-0.1, -0.05) is 6.07 Å². The number of rotatable bonds is 10. The summed E-state index contributed by atoms with van der Waals surface area (Å²) in [5, 5.41) is 0. The third-order valence-corrected chi connectivity index (χ3v) is 4.35. The van der Waals surface area contributed by atoms with E-state index in [1.165, 1.54) is 13.0 Å². The molecule has 1 aromatic rings. The van der Waals surface area contributed by atoms with Crippen LogP contribution in [0.15, 0.2) is 18.2 Å². The van der Waals surface area contributed by atoms with Crippen LogP contribution in [0, 0.1) is 5.82 Å². The second-order valence-corrected chi connectivity index (χ2v) is 6.59. The van der Waals surface area contributed by atoms with Gasteiger partial charge in [-0.25, -0.2) is 26.3 Å². The van der Waals surface area contributed by atoms with E-state index in [4.69, 9.17) is 0 Å². The Morgan fingerprint density at radius 3 is 2.61 bits per heavy atom. The Bertz CT molecular complexity index is 598. The van der Waals surface area contributed by atoms with Crippen LogP contribution in [0.25, 0.3) is 0 Å². The second-order valence-electron chi connectivity index (χ2n) is 4.72. The summed E-state index contributed by atoms with van der Waals surface area (Å²) >= 11 is 0. The minimum absolute atomic E-state index is 0.0370. The van der Waals surface area contributed by atoms with Crippen LogP contribution < -0.4 is 9.46 Å². The van der Waals surface area contributed by atoms with Crippen molar-refractivity contribution in [3.05, 3.63) is 29.6 Å². The van der Waals surface area contributed by atoms with Crippen molar-refractivity contribution in [3.63, 3.8) is 0 Å². The summed E-state index contributed by atoms with van der Waals surface area (Å²) in [4.78, 5) is 3.29. The summed E-state index contributed by atoms with van der Waals surface area (Å²) in [6.45, 7) is 0.175. The van der Waals surface area contributed by atoms with Crippen LogP contribution in [0.4, 0.5) is 17.7 Å². The molecule has 0 aliphatic heterocycles. The molecule has 0 aromatic heterocycles. The van der Waals surface area contributed by atoms with Gasteiger partial charge >= 0.3 is 0 Å². The average Bonchev–Trinajstić information content (AvgIpc) is 2.45. The summed E-state index contributed by atoms with van der Waals surface area (Å²) < 4.78 is 79.6. The molecule has 1 N–H and O–H groups in total. The van der Waals surface area contributed by atoms with E-state index in [0.717, 1.165) is 12.1 Å². The minimum atomic E-state index is -3.70. The third-order valence-electron chi connectivity index (χ3n) is 2.81. The number of alkyl halides is 2. The Kier molecular flexibility index (Phi) is 7.73. The highest BCUT2D eigenvalue weighted by atomic mass is 32.2. The third kappa shape index (κ3) is 7.14. The van der Waals surface area contributed by atoms with Gasteiger partial charge in [-0.05, 0) is 35.6 Å². The Morgan fingerprint density at radius 1 is 1.30 bits per heavy atom. The molecule has 0 bridgehead atoms. The fourth-order valence-electron chi connectivity index (χ4n) is 1.75. The highest BCUT2D eigenvalue weighted by molar-refractivity contribution is 7.89. The molecule has 0 fully saturated rings. The molecule has 0 spiro atoms. The van der Waals surface area contributed by atoms with Crippen molar-refractivity contribution < 1.29 is 35.8 Å². The lowest BCUT2D eigenvalue weighted by Crippen LogP contribution is -2.29. The molecule has 1 rings (SSSR count). The molecule has 0 aliphatic rings. The molecule has 0 aliphatic carbocycles. The van der Waals surface area contributed by atoms with Crippen LogP contribution in [-0.4, -0.2) is 33.8 Å². The van der Waals surface area contributed by atoms with Gasteiger partial charge in [0.05, 0.1) is 12.4 Å². The van der Waals surface area contributed by atoms with Crippen molar-refractivity contribution in [1.29, 1.82) is 0 Å². The zero-order chi connectivity index (χ0) is 17.5. The molecule has 0 unspecified atom stereocenters. The molecule has 0 saturated heterocycles. The highest BCUT2D eigenvalue weighted by Gasteiger charge is 2.17. The second kappa shape index (κ2) is 9.04. The van der Waals surface area contributed by atoms with Gasteiger partial charge in [0.25, 0.3) is 6.43 Å². The predicted molar refractivity (Wildman–Crippen MR) is 74.9 cm³/mol. The Labute approximate surface area is 131 Å². The van der Waals surface area contributed by atoms with Crippen LogP contribution in [0.2, 0.25) is 0 Å². The summed E-state index contributed by atoms with van der Waals surface area (Å²) in [6.07, 6.45) is -2.79. The Balaban J connectivity index is 2.75. The first-order chi connectivity index (χ1) is 10.7. The van der Waals surface area contributed by atoms with Gasteiger partial charge in [-0.3, -0.25) is 0 Å². The van der Waals surface area contributed by atoms with Gasteiger partial charge in [-0.15, -0.1) is 0 Å². The van der Waals surface area contributed by atoms with Crippen LogP contribution >= 0.6 is 0 Å². The van der Waals surface area contributed by atoms with E-state index in [-0.39, 0.29) is 24.5 Å². The quantitative estimate of drug-likeness (QED) is 0.515. The van der Waals surface area contributed by atoms with Crippen LogP contribution in [0.3, 0.4) is 0 Å². The summed E-state index contributed by atoms with van der Waals surface area (Å²) in [6, 6.07) is 2.70. The van der Waals surface area contributed by atoms with Crippen molar-refractivity contribution >= 4 is 10.0 Å². The van der Waals surface area contributed by atoms with Crippen molar-refractivity contribution in [2.45, 2.75) is 25.8 Å². The monoisotopic (exact) mass is 359 g/mol. The number of benzene rings is 1. The van der Waals surface area contributed by atoms with E-state index >= 15 is 0 Å². The van der Waals surface area contributed by atoms with E-state index in [0.29, 0.717) is 5.56 Å². The summed E-state index contributed by atoms with van der Waals surface area (Å²) in [7, 11) is -3.70. The number of halogens is 4. The lowest BCUT2D eigenvalue weighted by molar-refractivity contribution is -0.131. The number of sulfonamides is 1. The first kappa shape index (κ1) is 19.7. The molecule has 0 radical (unpaired) electrons. The molecule has 132 valence electrons. The number of ether oxygens (including phenoxy) is 1. The maximum atomic E-state index is 13.5. The van der Waals surface area contributed by atoms with E-state index < -0.39 is 34.9 Å². The van der Waals surface area contributed by atoms with E-state index in [1.54, 1.807) is 0 Å². The smallest absolute Gasteiger partial charge is 0.272 e.